The molecule has 1 aromatic carbocycles. The minimum atomic E-state index is -0.303. The van der Waals surface area contributed by atoms with Crippen LogP contribution in [0.25, 0.3) is 0 Å². The molecule has 4 amide bonds. The van der Waals surface area contributed by atoms with Crippen molar-refractivity contribution in [2.24, 2.45) is 0 Å². The molecule has 0 unspecified atom stereocenters. The highest BCUT2D eigenvalue weighted by atomic mass is 16.2. The number of urea groups is 1. The Morgan fingerprint density at radius 3 is 2.08 bits per heavy atom. The molecule has 0 atom stereocenters. The molecule has 1 aromatic rings. The molecule has 0 aromatic heterocycles. The third-order valence-electron chi connectivity index (χ3n) is 2.94. The quantitative estimate of drug-likeness (QED) is 0.598. The Morgan fingerprint density at radius 2 is 1.54 bits per heavy atom. The van der Waals surface area contributed by atoms with Crippen molar-refractivity contribution in [3.8, 4) is 0 Å². The van der Waals surface area contributed by atoms with E-state index in [1.807, 2.05) is 20.8 Å². The molecule has 0 radical (unpaired) electrons. The first-order valence-electron chi connectivity index (χ1n) is 7.95. The molecule has 7 heteroatoms. The minimum absolute atomic E-state index is 0.0770. The first kappa shape index (κ1) is 19.5. The average Bonchev–Trinajstić information content (AvgIpc) is 2.50. The third-order valence-corrected chi connectivity index (χ3v) is 2.94. The molecule has 0 aliphatic heterocycles. The van der Waals surface area contributed by atoms with Crippen molar-refractivity contribution < 1.29 is 14.4 Å². The van der Waals surface area contributed by atoms with Gasteiger partial charge in [0.05, 0.1) is 0 Å². The van der Waals surface area contributed by atoms with Crippen LogP contribution in [-0.2, 0) is 4.79 Å². The summed E-state index contributed by atoms with van der Waals surface area (Å²) >= 11 is 0. The van der Waals surface area contributed by atoms with E-state index in [0.717, 1.165) is 0 Å². The lowest BCUT2D eigenvalue weighted by molar-refractivity contribution is -0.115. The van der Waals surface area contributed by atoms with E-state index in [1.54, 1.807) is 31.2 Å². The second-order valence-corrected chi connectivity index (χ2v) is 6.37. The summed E-state index contributed by atoms with van der Waals surface area (Å²) in [5, 5.41) is 10.9. The van der Waals surface area contributed by atoms with Crippen molar-refractivity contribution in [3.63, 3.8) is 0 Å². The van der Waals surface area contributed by atoms with E-state index < -0.39 is 0 Å². The highest BCUT2D eigenvalue weighted by molar-refractivity contribution is 5.95. The maximum atomic E-state index is 12.0. The van der Waals surface area contributed by atoms with Crippen molar-refractivity contribution in [2.75, 3.05) is 18.4 Å². The van der Waals surface area contributed by atoms with Gasteiger partial charge in [0.1, 0.15) is 0 Å². The monoisotopic (exact) mass is 334 g/mol. The van der Waals surface area contributed by atoms with Gasteiger partial charge in [-0.05, 0) is 45.0 Å². The molecule has 0 fully saturated rings. The van der Waals surface area contributed by atoms with Crippen molar-refractivity contribution >= 4 is 23.5 Å². The number of rotatable bonds is 6. The first-order valence-corrected chi connectivity index (χ1v) is 7.95. The molecule has 1 rings (SSSR count). The predicted octanol–water partition coefficient (Wildman–Crippen LogP) is 1.86. The molecule has 0 spiro atoms. The van der Waals surface area contributed by atoms with Crippen LogP contribution in [0.1, 0.15) is 44.5 Å². The van der Waals surface area contributed by atoms with Crippen LogP contribution in [0.15, 0.2) is 24.3 Å². The van der Waals surface area contributed by atoms with Gasteiger partial charge in [-0.2, -0.15) is 0 Å². The fraction of sp³-hybridized carbons (Fsp3) is 0.471. The van der Waals surface area contributed by atoms with Gasteiger partial charge in [-0.15, -0.1) is 0 Å². The van der Waals surface area contributed by atoms with Gasteiger partial charge in [-0.3, -0.25) is 9.59 Å². The zero-order valence-electron chi connectivity index (χ0n) is 14.7. The molecule has 7 nitrogen and oxygen atoms in total. The van der Waals surface area contributed by atoms with Crippen LogP contribution in [0.5, 0.6) is 0 Å². The topological polar surface area (TPSA) is 99.3 Å². The van der Waals surface area contributed by atoms with E-state index in [2.05, 4.69) is 21.3 Å². The Balaban J connectivity index is 2.35. The number of carbonyl (C=O) groups excluding carboxylic acids is 3. The van der Waals surface area contributed by atoms with E-state index in [9.17, 15) is 14.4 Å². The van der Waals surface area contributed by atoms with Gasteiger partial charge in [-0.1, -0.05) is 6.92 Å². The smallest absolute Gasteiger partial charge is 0.315 e. The Bertz CT molecular complexity index is 576. The van der Waals surface area contributed by atoms with E-state index in [0.29, 0.717) is 30.8 Å². The van der Waals surface area contributed by atoms with Gasteiger partial charge < -0.3 is 21.3 Å². The van der Waals surface area contributed by atoms with Gasteiger partial charge in [0, 0.05) is 36.3 Å². The number of amides is 4. The number of nitrogens with one attached hydrogen (secondary N) is 4. The second kappa shape index (κ2) is 8.90. The number of benzene rings is 1. The summed E-state index contributed by atoms with van der Waals surface area (Å²) in [6, 6.07) is 6.36. The number of anilines is 1. The maximum Gasteiger partial charge on any atom is 0.315 e. The number of carbonyl (C=O) groups is 3. The Morgan fingerprint density at radius 1 is 0.958 bits per heavy atom. The molecular formula is C17H26N4O3. The summed E-state index contributed by atoms with van der Waals surface area (Å²) < 4.78 is 0. The largest absolute Gasteiger partial charge is 0.350 e. The van der Waals surface area contributed by atoms with Gasteiger partial charge in [0.25, 0.3) is 5.91 Å². The van der Waals surface area contributed by atoms with Crippen LogP contribution in [0.3, 0.4) is 0 Å². The van der Waals surface area contributed by atoms with Crippen molar-refractivity contribution in [1.82, 2.24) is 16.0 Å². The summed E-state index contributed by atoms with van der Waals surface area (Å²) in [7, 11) is 0. The fourth-order valence-corrected chi connectivity index (χ4v) is 1.79. The summed E-state index contributed by atoms with van der Waals surface area (Å²) in [5.74, 6) is -0.312. The van der Waals surface area contributed by atoms with Gasteiger partial charge in [0.15, 0.2) is 0 Å². The SMILES string of the molecule is CCC(=O)Nc1ccc(C(=O)NCCNC(=O)NC(C)(C)C)cc1. The zero-order valence-corrected chi connectivity index (χ0v) is 14.7. The second-order valence-electron chi connectivity index (χ2n) is 6.37. The van der Waals surface area contributed by atoms with E-state index in [-0.39, 0.29) is 23.4 Å². The van der Waals surface area contributed by atoms with Gasteiger partial charge in [0.2, 0.25) is 5.91 Å². The number of hydrogen-bond donors (Lipinski definition) is 4. The summed E-state index contributed by atoms with van der Waals surface area (Å²) in [6.45, 7) is 8.10. The molecule has 0 aliphatic carbocycles. The summed E-state index contributed by atoms with van der Waals surface area (Å²) in [6.07, 6.45) is 0.401. The molecule has 0 bridgehead atoms. The maximum absolute atomic E-state index is 12.0. The molecule has 0 heterocycles. The first-order chi connectivity index (χ1) is 11.2. The number of hydrogen-bond acceptors (Lipinski definition) is 3. The Labute approximate surface area is 142 Å². The molecule has 0 aliphatic rings. The fourth-order valence-electron chi connectivity index (χ4n) is 1.79. The van der Waals surface area contributed by atoms with Crippen LogP contribution in [0, 0.1) is 0 Å². The molecule has 0 saturated heterocycles. The minimum Gasteiger partial charge on any atom is -0.350 e. The van der Waals surface area contributed by atoms with E-state index in [1.165, 1.54) is 0 Å². The van der Waals surface area contributed by atoms with Crippen LogP contribution < -0.4 is 21.3 Å². The normalized spacial score (nSPS) is 10.7. The molecule has 4 N–H and O–H groups in total. The molecular weight excluding hydrogens is 308 g/mol. The lowest BCUT2D eigenvalue weighted by Crippen LogP contribution is -2.48. The molecule has 0 saturated carbocycles. The summed E-state index contributed by atoms with van der Waals surface area (Å²) in [5.41, 5.74) is 0.838. The van der Waals surface area contributed by atoms with Crippen LogP contribution in [-0.4, -0.2) is 36.5 Å². The highest BCUT2D eigenvalue weighted by Crippen LogP contribution is 2.09. The van der Waals surface area contributed by atoms with Crippen molar-refractivity contribution in [3.05, 3.63) is 29.8 Å². The highest BCUT2D eigenvalue weighted by Gasteiger charge is 2.13. The zero-order chi connectivity index (χ0) is 18.2. The van der Waals surface area contributed by atoms with Crippen molar-refractivity contribution in [2.45, 2.75) is 39.7 Å². The third kappa shape index (κ3) is 7.62. The average molecular weight is 334 g/mol. The lowest BCUT2D eigenvalue weighted by atomic mass is 10.1. The standard InChI is InChI=1S/C17H26N4O3/c1-5-14(22)20-13-8-6-12(7-9-13)15(23)18-10-11-19-16(24)21-17(2,3)4/h6-9H,5,10-11H2,1-4H3,(H,18,23)(H,20,22)(H2,19,21,24). The van der Waals surface area contributed by atoms with E-state index in [4.69, 9.17) is 0 Å². The summed E-state index contributed by atoms with van der Waals surface area (Å²) in [4.78, 5) is 34.8. The van der Waals surface area contributed by atoms with Gasteiger partial charge in [-0.25, -0.2) is 4.79 Å². The van der Waals surface area contributed by atoms with E-state index >= 15 is 0 Å². The molecule has 132 valence electrons. The lowest BCUT2D eigenvalue weighted by Gasteiger charge is -2.20. The Hall–Kier alpha value is -2.57. The predicted molar refractivity (Wildman–Crippen MR) is 94.0 cm³/mol. The molecule has 24 heavy (non-hydrogen) atoms. The van der Waals surface area contributed by atoms with Crippen LogP contribution >= 0.6 is 0 Å². The van der Waals surface area contributed by atoms with Gasteiger partial charge >= 0.3 is 6.03 Å². The van der Waals surface area contributed by atoms with Crippen molar-refractivity contribution in [1.29, 1.82) is 0 Å². The Kier molecular flexibility index (Phi) is 7.23. The van der Waals surface area contributed by atoms with Crippen LogP contribution in [0.2, 0.25) is 0 Å². The van der Waals surface area contributed by atoms with Crippen LogP contribution in [0.4, 0.5) is 10.5 Å².